The summed E-state index contributed by atoms with van der Waals surface area (Å²) in [6.45, 7) is 3.87. The normalized spacial score (nSPS) is 31.5. The zero-order chi connectivity index (χ0) is 14.6. The van der Waals surface area contributed by atoms with E-state index in [0.29, 0.717) is 5.92 Å². The fraction of sp³-hybridized carbons (Fsp3) is 0.529. The van der Waals surface area contributed by atoms with Crippen molar-refractivity contribution in [2.45, 2.75) is 32.7 Å². The Labute approximate surface area is 124 Å². The first-order valence-corrected chi connectivity index (χ1v) is 7.86. The molecule has 0 bridgehead atoms. The molecule has 4 heteroatoms. The van der Waals surface area contributed by atoms with Gasteiger partial charge in [-0.1, -0.05) is 19.1 Å². The first kappa shape index (κ1) is 13.0. The van der Waals surface area contributed by atoms with E-state index in [4.69, 9.17) is 0 Å². The van der Waals surface area contributed by atoms with Crippen molar-refractivity contribution in [3.8, 4) is 0 Å². The van der Waals surface area contributed by atoms with E-state index in [1.54, 1.807) is 0 Å². The van der Waals surface area contributed by atoms with Crippen LogP contribution < -0.4 is 10.2 Å². The highest BCUT2D eigenvalue weighted by Crippen LogP contribution is 2.45. The second kappa shape index (κ2) is 4.67. The van der Waals surface area contributed by atoms with Gasteiger partial charge in [-0.25, -0.2) is 4.90 Å². The molecule has 4 nitrogen and oxygen atoms in total. The molecule has 1 aromatic rings. The Hall–Kier alpha value is -1.68. The van der Waals surface area contributed by atoms with Gasteiger partial charge >= 0.3 is 0 Å². The fourth-order valence-corrected chi connectivity index (χ4v) is 4.24. The smallest absolute Gasteiger partial charge is 0.237 e. The van der Waals surface area contributed by atoms with Gasteiger partial charge in [0.1, 0.15) is 0 Å². The minimum atomic E-state index is -0.0786. The molecule has 0 spiro atoms. The van der Waals surface area contributed by atoms with Gasteiger partial charge < -0.3 is 5.32 Å². The largest absolute Gasteiger partial charge is 0.312 e. The van der Waals surface area contributed by atoms with Gasteiger partial charge in [-0.2, -0.15) is 0 Å². The first-order chi connectivity index (χ1) is 10.2. The Kier molecular flexibility index (Phi) is 2.89. The fourth-order valence-electron chi connectivity index (χ4n) is 4.24. The summed E-state index contributed by atoms with van der Waals surface area (Å²) >= 11 is 0. The highest BCUT2D eigenvalue weighted by atomic mass is 16.2. The lowest BCUT2D eigenvalue weighted by Crippen LogP contribution is -2.34. The van der Waals surface area contributed by atoms with Gasteiger partial charge in [0.2, 0.25) is 11.8 Å². The number of benzene rings is 1. The van der Waals surface area contributed by atoms with Gasteiger partial charge in [0.15, 0.2) is 0 Å². The Balaban J connectivity index is 1.75. The molecule has 2 unspecified atom stereocenters. The number of carbonyl (C=O) groups excluding carboxylic acids is 2. The maximum Gasteiger partial charge on any atom is 0.237 e. The number of nitrogens with one attached hydrogen (secondary N) is 1. The summed E-state index contributed by atoms with van der Waals surface area (Å²) in [7, 11) is 0. The van der Waals surface area contributed by atoms with Gasteiger partial charge in [-0.05, 0) is 48.9 Å². The van der Waals surface area contributed by atoms with Crippen LogP contribution in [0.5, 0.6) is 0 Å². The van der Waals surface area contributed by atoms with Crippen LogP contribution in [0.25, 0.3) is 0 Å². The van der Waals surface area contributed by atoms with Crippen LogP contribution in [-0.2, 0) is 22.6 Å². The van der Waals surface area contributed by atoms with Crippen LogP contribution in [0.4, 0.5) is 5.69 Å². The average Bonchev–Trinajstić information content (AvgIpc) is 2.98. The Morgan fingerprint density at radius 2 is 1.86 bits per heavy atom. The van der Waals surface area contributed by atoms with Crippen LogP contribution in [0, 0.1) is 17.8 Å². The summed E-state index contributed by atoms with van der Waals surface area (Å²) < 4.78 is 0. The number of rotatable bonds is 1. The van der Waals surface area contributed by atoms with Gasteiger partial charge in [-0.3, -0.25) is 9.59 Å². The molecule has 1 saturated carbocycles. The predicted molar refractivity (Wildman–Crippen MR) is 79.7 cm³/mol. The maximum absolute atomic E-state index is 12.7. The summed E-state index contributed by atoms with van der Waals surface area (Å²) in [5.74, 6) is 0.390. The van der Waals surface area contributed by atoms with Crippen LogP contribution in [-0.4, -0.2) is 18.4 Å². The quantitative estimate of drug-likeness (QED) is 0.801. The van der Waals surface area contributed by atoms with Gasteiger partial charge in [0.05, 0.1) is 17.5 Å². The Bertz CT molecular complexity index is 601. The van der Waals surface area contributed by atoms with Crippen molar-refractivity contribution in [1.82, 2.24) is 5.32 Å². The molecule has 2 amide bonds. The van der Waals surface area contributed by atoms with E-state index < -0.39 is 0 Å². The van der Waals surface area contributed by atoms with Crippen molar-refractivity contribution in [3.05, 3.63) is 29.3 Å². The molecule has 2 aliphatic heterocycles. The molecule has 0 aromatic heterocycles. The van der Waals surface area contributed by atoms with E-state index in [2.05, 4.69) is 18.3 Å². The Morgan fingerprint density at radius 1 is 1.14 bits per heavy atom. The lowest BCUT2D eigenvalue weighted by molar-refractivity contribution is -0.123. The van der Waals surface area contributed by atoms with Crippen molar-refractivity contribution in [1.29, 1.82) is 0 Å². The number of nitrogens with zero attached hydrogens (tertiary/aromatic N) is 1. The van der Waals surface area contributed by atoms with Gasteiger partial charge in [-0.15, -0.1) is 0 Å². The first-order valence-electron chi connectivity index (χ1n) is 7.86. The van der Waals surface area contributed by atoms with Crippen molar-refractivity contribution in [2.24, 2.45) is 17.8 Å². The lowest BCUT2D eigenvalue weighted by Gasteiger charge is -2.25. The number of anilines is 1. The highest BCUT2D eigenvalue weighted by molar-refractivity contribution is 6.22. The molecular weight excluding hydrogens is 264 g/mol. The maximum atomic E-state index is 12.7. The summed E-state index contributed by atoms with van der Waals surface area (Å²) in [6.07, 6.45) is 2.61. The zero-order valence-electron chi connectivity index (χ0n) is 12.3. The molecule has 3 aliphatic rings. The van der Waals surface area contributed by atoms with Crippen molar-refractivity contribution >= 4 is 17.5 Å². The molecule has 1 N–H and O–H groups in total. The van der Waals surface area contributed by atoms with Crippen LogP contribution >= 0.6 is 0 Å². The van der Waals surface area contributed by atoms with E-state index in [-0.39, 0.29) is 23.7 Å². The van der Waals surface area contributed by atoms with Crippen LogP contribution in [0.2, 0.25) is 0 Å². The topological polar surface area (TPSA) is 49.4 Å². The number of imide groups is 1. The summed E-state index contributed by atoms with van der Waals surface area (Å²) in [6, 6.07) is 5.97. The third kappa shape index (κ3) is 1.85. The lowest BCUT2D eigenvalue weighted by atomic mass is 9.98. The minimum Gasteiger partial charge on any atom is -0.312 e. The molecule has 2 atom stereocenters. The van der Waals surface area contributed by atoms with Crippen molar-refractivity contribution < 1.29 is 9.59 Å². The number of hydrogen-bond donors (Lipinski definition) is 1. The molecular formula is C17H20N2O2. The number of carbonyl (C=O) groups is 2. The predicted octanol–water partition coefficient (Wildman–Crippen LogP) is 1.87. The molecule has 0 radical (unpaired) electrons. The number of amides is 2. The molecule has 4 rings (SSSR count). The molecule has 1 aromatic carbocycles. The van der Waals surface area contributed by atoms with Gasteiger partial charge in [0.25, 0.3) is 0 Å². The number of hydrogen-bond acceptors (Lipinski definition) is 3. The van der Waals surface area contributed by atoms with Gasteiger partial charge in [0, 0.05) is 6.54 Å². The standard InChI is InChI=1S/C17H20N2O2/c1-10-7-13-14(8-10)17(21)19(16(13)20)15-4-2-3-11-9-18-6-5-12(11)15/h2-4,10,13-14,18H,5-9H2,1H3. The van der Waals surface area contributed by atoms with E-state index >= 15 is 0 Å². The number of fused-ring (bicyclic) bond motifs is 2. The van der Waals surface area contributed by atoms with E-state index in [0.717, 1.165) is 38.0 Å². The van der Waals surface area contributed by atoms with Crippen molar-refractivity contribution in [2.75, 3.05) is 11.4 Å². The highest BCUT2D eigenvalue weighted by Gasteiger charge is 2.52. The van der Waals surface area contributed by atoms with E-state index in [1.165, 1.54) is 16.0 Å². The third-order valence-corrected chi connectivity index (χ3v) is 5.23. The van der Waals surface area contributed by atoms with Crippen molar-refractivity contribution in [3.63, 3.8) is 0 Å². The SMILES string of the molecule is CC1CC2C(=O)N(c3cccc4c3CCNC4)C(=O)C2C1. The second-order valence-electron chi connectivity index (χ2n) is 6.64. The Morgan fingerprint density at radius 3 is 2.57 bits per heavy atom. The third-order valence-electron chi connectivity index (χ3n) is 5.23. The van der Waals surface area contributed by atoms with E-state index in [1.807, 2.05) is 12.1 Å². The molecule has 1 aliphatic carbocycles. The summed E-state index contributed by atoms with van der Waals surface area (Å²) in [5.41, 5.74) is 3.22. The van der Waals surface area contributed by atoms with E-state index in [9.17, 15) is 9.59 Å². The van der Waals surface area contributed by atoms with Crippen LogP contribution in [0.3, 0.4) is 0 Å². The minimum absolute atomic E-state index is 0.0290. The molecule has 2 fully saturated rings. The summed E-state index contributed by atoms with van der Waals surface area (Å²) in [4.78, 5) is 26.9. The monoisotopic (exact) mass is 284 g/mol. The second-order valence-corrected chi connectivity index (χ2v) is 6.64. The van der Waals surface area contributed by atoms with Crippen LogP contribution in [0.1, 0.15) is 30.9 Å². The van der Waals surface area contributed by atoms with Crippen LogP contribution in [0.15, 0.2) is 18.2 Å². The molecule has 110 valence electrons. The molecule has 1 saturated heterocycles. The zero-order valence-corrected chi connectivity index (χ0v) is 12.3. The molecule has 2 heterocycles. The average molecular weight is 284 g/mol. The molecule has 21 heavy (non-hydrogen) atoms. The summed E-state index contributed by atoms with van der Waals surface area (Å²) in [5, 5.41) is 3.34.